The van der Waals surface area contributed by atoms with Crippen molar-refractivity contribution in [3.63, 3.8) is 0 Å². The van der Waals surface area contributed by atoms with Crippen molar-refractivity contribution in [2.24, 2.45) is 0 Å². The highest BCUT2D eigenvalue weighted by atomic mass is 32.2. The van der Waals surface area contributed by atoms with Crippen LogP contribution in [0.2, 0.25) is 0 Å². The molecule has 8 rings (SSSR count). The smallest absolute Gasteiger partial charge is 0.410 e. The molecule has 5 N–H and O–H groups in total. The highest BCUT2D eigenvalue weighted by Crippen LogP contribution is 2.41. The zero-order chi connectivity index (χ0) is 57.8. The van der Waals surface area contributed by atoms with E-state index in [1.165, 1.54) is 23.3 Å². The molecule has 0 fully saturated rings. The minimum Gasteiger partial charge on any atom is -0.444 e. The van der Waals surface area contributed by atoms with Gasteiger partial charge in [-0.1, -0.05) is 24.3 Å². The van der Waals surface area contributed by atoms with Gasteiger partial charge in [0.05, 0.1) is 35.3 Å². The number of aromatic nitrogens is 4. The number of hydrogen-bond acceptors (Lipinski definition) is 12. The summed E-state index contributed by atoms with van der Waals surface area (Å²) >= 11 is 0. The summed E-state index contributed by atoms with van der Waals surface area (Å²) in [6.07, 6.45) is 0.846. The van der Waals surface area contributed by atoms with E-state index in [1.54, 1.807) is 64.2 Å². The zero-order valence-corrected chi connectivity index (χ0v) is 46.1. The Morgan fingerprint density at radius 1 is 0.696 bits per heavy atom. The Labute approximate surface area is 456 Å². The van der Waals surface area contributed by atoms with E-state index in [2.05, 4.69) is 41.5 Å². The second-order valence-electron chi connectivity index (χ2n) is 20.1. The average molecular weight is 1110 g/mol. The Balaban J connectivity index is 0.000000234. The number of para-hydroxylation sites is 2. The number of rotatable bonds is 13. The predicted molar refractivity (Wildman–Crippen MR) is 291 cm³/mol. The molecule has 0 spiro atoms. The van der Waals surface area contributed by atoms with Gasteiger partial charge in [-0.05, 0) is 122 Å². The number of ether oxygens (including phenoxy) is 1. The fourth-order valence-electron chi connectivity index (χ4n) is 8.27. The predicted octanol–water partition coefficient (Wildman–Crippen LogP) is 9.48. The maximum Gasteiger partial charge on any atom is 0.410 e. The molecule has 416 valence electrons. The van der Waals surface area contributed by atoms with Crippen LogP contribution in [0.25, 0.3) is 22.5 Å². The van der Waals surface area contributed by atoms with E-state index >= 15 is 8.78 Å². The van der Waals surface area contributed by atoms with Gasteiger partial charge in [-0.2, -0.15) is 4.98 Å². The van der Waals surface area contributed by atoms with E-state index in [9.17, 15) is 37.0 Å². The number of amides is 7. The van der Waals surface area contributed by atoms with E-state index in [0.717, 1.165) is 45.2 Å². The molecule has 2 aromatic heterocycles. The molecule has 2 aliphatic heterocycles. The van der Waals surface area contributed by atoms with Gasteiger partial charge in [0.25, 0.3) is 11.8 Å². The van der Waals surface area contributed by atoms with Gasteiger partial charge in [0.15, 0.2) is 11.6 Å². The van der Waals surface area contributed by atoms with Crippen LogP contribution in [0, 0.1) is 37.1 Å². The Morgan fingerprint density at radius 3 is 1.54 bits per heavy atom. The Morgan fingerprint density at radius 2 is 1.13 bits per heavy atom. The van der Waals surface area contributed by atoms with Crippen LogP contribution in [0.5, 0.6) is 0 Å². The molecule has 19 nitrogen and oxygen atoms in total. The number of fused-ring (bicyclic) bond motifs is 2. The average Bonchev–Trinajstić information content (AvgIpc) is 3.36. The first kappa shape index (κ1) is 58.1. The lowest BCUT2D eigenvalue weighted by Crippen LogP contribution is -2.43. The van der Waals surface area contributed by atoms with Crippen molar-refractivity contribution in [3.8, 4) is 22.5 Å². The molecule has 0 saturated carbocycles. The van der Waals surface area contributed by atoms with Crippen molar-refractivity contribution >= 4 is 69.7 Å². The maximum atomic E-state index is 15.0. The van der Waals surface area contributed by atoms with Gasteiger partial charge in [-0.15, -0.1) is 0 Å². The third-order valence-electron chi connectivity index (χ3n) is 12.0. The number of benzene rings is 4. The SMILES string of the molecule is Cc1ccc(C(=O)NC(C)C)cc1-c1nc(NCCN(C)C(=O)OC(C)(C)C)nc2c1CNC(=O)N2c1c(F)cccc1F.Cc1ccc(C(=O)NC(C)C)cc1-c1nc(S(C)=O)nc2c1CNC(=O)N2c1c(F)cccc1F. The topological polar surface area (TPSA) is 233 Å². The molecular weight excluding hydrogens is 1050 g/mol. The first-order chi connectivity index (χ1) is 37.2. The number of carbonyl (C=O) groups is 5. The molecule has 79 heavy (non-hydrogen) atoms. The third kappa shape index (κ3) is 13.2. The van der Waals surface area contributed by atoms with Crippen LogP contribution in [0.1, 0.15) is 91.4 Å². The molecular formula is C55H60F4N12O7S. The molecule has 24 heteroatoms. The van der Waals surface area contributed by atoms with Crippen molar-refractivity contribution < 1.29 is 50.5 Å². The fourth-order valence-corrected chi connectivity index (χ4v) is 8.70. The number of halogens is 4. The van der Waals surface area contributed by atoms with Crippen LogP contribution in [0.15, 0.2) is 78.0 Å². The first-order valence-electron chi connectivity index (χ1n) is 25.0. The molecule has 6 aromatic rings. The molecule has 0 aliphatic carbocycles. The molecule has 0 radical (unpaired) electrons. The number of hydrogen-bond donors (Lipinski definition) is 5. The van der Waals surface area contributed by atoms with Crippen LogP contribution >= 0.6 is 0 Å². The maximum absolute atomic E-state index is 15.0. The Bertz CT molecular complexity index is 3370. The van der Waals surface area contributed by atoms with Gasteiger partial charge in [0, 0.05) is 71.9 Å². The summed E-state index contributed by atoms with van der Waals surface area (Å²) in [7, 11) is -0.0979. The summed E-state index contributed by atoms with van der Waals surface area (Å²) < 4.78 is 77.2. The van der Waals surface area contributed by atoms with Crippen LogP contribution in [-0.4, -0.2) is 103 Å². The molecule has 1 unspecified atom stereocenters. The van der Waals surface area contributed by atoms with Gasteiger partial charge in [0.1, 0.15) is 40.2 Å². The summed E-state index contributed by atoms with van der Waals surface area (Å²) in [6.45, 7) is 16.7. The number of anilines is 5. The van der Waals surface area contributed by atoms with Gasteiger partial charge in [-0.25, -0.2) is 56.7 Å². The zero-order valence-electron chi connectivity index (χ0n) is 45.3. The number of likely N-dealkylation sites (N-methyl/N-ethyl adjacent to an activating group) is 1. The monoisotopic (exact) mass is 1110 g/mol. The highest BCUT2D eigenvalue weighted by Gasteiger charge is 2.37. The number of nitrogens with zero attached hydrogens (tertiary/aromatic N) is 7. The summed E-state index contributed by atoms with van der Waals surface area (Å²) in [6, 6.07) is 15.0. The number of aryl methyl sites for hydroxylation is 2. The molecule has 2 aliphatic rings. The number of nitrogens with one attached hydrogen (secondary N) is 5. The van der Waals surface area contributed by atoms with E-state index < -0.39 is 69.2 Å². The van der Waals surface area contributed by atoms with Gasteiger partial charge in [0.2, 0.25) is 11.1 Å². The summed E-state index contributed by atoms with van der Waals surface area (Å²) in [4.78, 5) is 84.8. The van der Waals surface area contributed by atoms with Crippen LogP contribution in [0.3, 0.4) is 0 Å². The fraction of sp³-hybridized carbons (Fsp3) is 0.327. The Hall–Kier alpha value is -8.54. The van der Waals surface area contributed by atoms with E-state index in [0.29, 0.717) is 44.8 Å². The lowest BCUT2D eigenvalue weighted by molar-refractivity contribution is 0.0305. The largest absolute Gasteiger partial charge is 0.444 e. The Kier molecular flexibility index (Phi) is 17.7. The molecule has 4 heterocycles. The lowest BCUT2D eigenvalue weighted by atomic mass is 9.97. The van der Waals surface area contributed by atoms with Crippen LogP contribution < -0.4 is 36.4 Å². The summed E-state index contributed by atoms with van der Waals surface area (Å²) in [5, 5.41) is 13.9. The number of carbonyl (C=O) groups excluding carboxylic acids is 5. The highest BCUT2D eigenvalue weighted by molar-refractivity contribution is 7.84. The second-order valence-corrected chi connectivity index (χ2v) is 21.4. The van der Waals surface area contributed by atoms with E-state index in [1.807, 2.05) is 41.5 Å². The second kappa shape index (κ2) is 24.0. The summed E-state index contributed by atoms with van der Waals surface area (Å²) in [5.74, 6) is -4.46. The molecule has 0 saturated heterocycles. The molecule has 0 bridgehead atoms. The summed E-state index contributed by atoms with van der Waals surface area (Å²) in [5.41, 5.74) is 2.95. The first-order valence-corrected chi connectivity index (χ1v) is 26.5. The van der Waals surface area contributed by atoms with Gasteiger partial charge < -0.3 is 36.2 Å². The lowest BCUT2D eigenvalue weighted by Gasteiger charge is -2.31. The minimum absolute atomic E-state index is 0.0258. The molecule has 1 atom stereocenters. The third-order valence-corrected chi connectivity index (χ3v) is 12.7. The number of urea groups is 2. The van der Waals surface area contributed by atoms with Crippen molar-refractivity contribution in [3.05, 3.63) is 129 Å². The van der Waals surface area contributed by atoms with E-state index in [4.69, 9.17) is 9.72 Å². The van der Waals surface area contributed by atoms with E-state index in [-0.39, 0.29) is 72.8 Å². The molecule has 7 amide bonds. The van der Waals surface area contributed by atoms with Crippen molar-refractivity contribution in [1.82, 2.24) is 46.1 Å². The normalized spacial score (nSPS) is 13.3. The molecule has 4 aromatic carbocycles. The van der Waals surface area contributed by atoms with Crippen LogP contribution in [-0.2, 0) is 28.6 Å². The van der Waals surface area contributed by atoms with Crippen LogP contribution in [0.4, 0.5) is 60.9 Å². The van der Waals surface area contributed by atoms with Crippen molar-refractivity contribution in [1.29, 1.82) is 0 Å². The van der Waals surface area contributed by atoms with Crippen molar-refractivity contribution in [2.75, 3.05) is 41.5 Å². The van der Waals surface area contributed by atoms with Gasteiger partial charge >= 0.3 is 18.2 Å². The minimum atomic E-state index is -1.68. The quantitative estimate of drug-likeness (QED) is 0.0538. The van der Waals surface area contributed by atoms with Gasteiger partial charge in [-0.3, -0.25) is 13.8 Å². The standard InChI is InChI=1S/C31H37F2N7O4.C24H23F2N5O3S/c1-17(2)36-27(41)19-12-11-18(3)20(15-19)24-21-16-35-29(42)40(25-22(32)9-8-10-23(25)33)26(21)38-28(37-24)34-13-14-39(7)30(43)44-31(4,5)6;1-12(2)28-22(32)14-9-8-13(3)15(10-14)19-16-11-27-24(33)31(20-17(25)6-5-7-18(20)26)21(16)30-23(29-19)35(4)34/h8-12,15,17H,13-14,16H2,1-7H3,(H,35,42)(H,36,41)(H,34,37,38);5-10,12H,11H2,1-4H3,(H,27,33)(H,28,32). The van der Waals surface area contributed by atoms with Crippen molar-refractivity contribution in [2.45, 2.75) is 98.2 Å².